The van der Waals surface area contributed by atoms with Gasteiger partial charge in [0.2, 0.25) is 5.78 Å². The molecule has 0 bridgehead atoms. The van der Waals surface area contributed by atoms with Crippen LogP contribution in [0.25, 0.3) is 6.08 Å². The zero-order valence-corrected chi connectivity index (χ0v) is 8.21. The van der Waals surface area contributed by atoms with Crippen LogP contribution in [0.1, 0.15) is 11.3 Å². The van der Waals surface area contributed by atoms with Gasteiger partial charge in [-0.1, -0.05) is 11.6 Å². The molecular formula is C9H7ClN2O2. The minimum Gasteiger partial charge on any atom is -0.493 e. The third-order valence-electron chi connectivity index (χ3n) is 2.03. The van der Waals surface area contributed by atoms with Crippen LogP contribution < -0.4 is 0 Å². The maximum atomic E-state index is 11.4. The molecule has 0 N–H and O–H groups in total. The second-order valence-corrected chi connectivity index (χ2v) is 3.20. The molecule has 1 heterocycles. The molecule has 0 spiro atoms. The van der Waals surface area contributed by atoms with E-state index in [0.29, 0.717) is 22.2 Å². The molecule has 14 heavy (non-hydrogen) atoms. The predicted molar refractivity (Wildman–Crippen MR) is 50.7 cm³/mol. The molecule has 0 fully saturated rings. The molecule has 1 aromatic heterocycles. The lowest BCUT2D eigenvalue weighted by Crippen LogP contribution is -2.15. The number of nitrogens with zero attached hydrogens (tertiary/aromatic N) is 2. The number of allylic oxidation sites excluding steroid dienone is 1. The lowest BCUT2D eigenvalue weighted by atomic mass is 10.0. The molecule has 4 nitrogen and oxygen atoms in total. The largest absolute Gasteiger partial charge is 0.493 e. The lowest BCUT2D eigenvalue weighted by molar-refractivity contribution is -0.117. The zero-order chi connectivity index (χ0) is 10.1. The van der Waals surface area contributed by atoms with Crippen LogP contribution in [0.4, 0.5) is 0 Å². The SMILES string of the molecule is COC1=Cc2ncnc(Cl)c2CC1=O. The first kappa shape index (κ1) is 9.15. The van der Waals surface area contributed by atoms with Crippen molar-refractivity contribution in [3.05, 3.63) is 28.5 Å². The van der Waals surface area contributed by atoms with Crippen molar-refractivity contribution in [2.24, 2.45) is 0 Å². The maximum Gasteiger partial charge on any atom is 0.201 e. The van der Waals surface area contributed by atoms with Crippen molar-refractivity contribution in [1.82, 2.24) is 9.97 Å². The normalized spacial score (nSPS) is 14.7. The number of aromatic nitrogens is 2. The number of hydrogen-bond acceptors (Lipinski definition) is 4. The average molecular weight is 211 g/mol. The number of rotatable bonds is 1. The summed E-state index contributed by atoms with van der Waals surface area (Å²) in [5.74, 6) is 0.212. The molecule has 0 amide bonds. The smallest absolute Gasteiger partial charge is 0.201 e. The van der Waals surface area contributed by atoms with Crippen LogP contribution >= 0.6 is 11.6 Å². The number of carbonyl (C=O) groups excluding carboxylic acids is 1. The Labute approximate surface area is 85.6 Å². The summed E-state index contributed by atoms with van der Waals surface area (Å²) < 4.78 is 4.91. The summed E-state index contributed by atoms with van der Waals surface area (Å²) in [5.41, 5.74) is 1.32. The van der Waals surface area contributed by atoms with Gasteiger partial charge in [-0.05, 0) is 0 Å². The Kier molecular flexibility index (Phi) is 2.21. The van der Waals surface area contributed by atoms with Gasteiger partial charge in [-0.3, -0.25) is 4.79 Å². The van der Waals surface area contributed by atoms with Crippen molar-refractivity contribution in [2.75, 3.05) is 7.11 Å². The number of hydrogen-bond donors (Lipinski definition) is 0. The molecule has 0 aromatic carbocycles. The standard InChI is InChI=1S/C9H7ClN2O2/c1-14-8-3-6-5(2-7(8)13)9(10)12-4-11-6/h3-4H,2H2,1H3. The summed E-state index contributed by atoms with van der Waals surface area (Å²) in [7, 11) is 1.46. The summed E-state index contributed by atoms with van der Waals surface area (Å²) >= 11 is 5.82. The topological polar surface area (TPSA) is 52.1 Å². The van der Waals surface area contributed by atoms with Crippen LogP contribution in [0.5, 0.6) is 0 Å². The number of Topliss-reactive ketones (excluding diaryl/α,β-unsaturated/α-hetero) is 1. The van der Waals surface area contributed by atoms with Crippen LogP contribution in [-0.4, -0.2) is 22.9 Å². The molecule has 5 heteroatoms. The maximum absolute atomic E-state index is 11.4. The third kappa shape index (κ3) is 1.37. The van der Waals surface area contributed by atoms with Crippen LogP contribution in [0.3, 0.4) is 0 Å². The Balaban J connectivity index is 2.56. The number of fused-ring (bicyclic) bond motifs is 1. The minimum atomic E-state index is -0.100. The van der Waals surface area contributed by atoms with E-state index in [1.165, 1.54) is 13.4 Å². The Morgan fingerprint density at radius 2 is 2.29 bits per heavy atom. The van der Waals surface area contributed by atoms with E-state index >= 15 is 0 Å². The number of ether oxygens (including phenoxy) is 1. The van der Waals surface area contributed by atoms with Gasteiger partial charge in [-0.15, -0.1) is 0 Å². The van der Waals surface area contributed by atoms with Crippen LogP contribution in [-0.2, 0) is 16.0 Å². The summed E-state index contributed by atoms with van der Waals surface area (Å²) in [5, 5.41) is 0.328. The van der Waals surface area contributed by atoms with E-state index in [9.17, 15) is 4.79 Å². The molecule has 0 radical (unpaired) electrons. The van der Waals surface area contributed by atoms with E-state index in [4.69, 9.17) is 16.3 Å². The third-order valence-corrected chi connectivity index (χ3v) is 2.35. The quantitative estimate of drug-likeness (QED) is 0.655. The Morgan fingerprint density at radius 3 is 3.00 bits per heavy atom. The van der Waals surface area contributed by atoms with Crippen LogP contribution in [0.15, 0.2) is 12.1 Å². The Bertz CT molecular complexity index is 429. The number of carbonyl (C=O) groups is 1. The van der Waals surface area contributed by atoms with E-state index in [1.807, 2.05) is 0 Å². The number of methoxy groups -OCH3 is 1. The summed E-state index contributed by atoms with van der Waals surface area (Å²) in [6.45, 7) is 0. The molecule has 0 aliphatic heterocycles. The Morgan fingerprint density at radius 1 is 1.50 bits per heavy atom. The van der Waals surface area contributed by atoms with Gasteiger partial charge >= 0.3 is 0 Å². The van der Waals surface area contributed by atoms with Gasteiger partial charge in [-0.2, -0.15) is 0 Å². The van der Waals surface area contributed by atoms with Crippen LogP contribution in [0.2, 0.25) is 5.15 Å². The summed E-state index contributed by atoms with van der Waals surface area (Å²) in [4.78, 5) is 19.3. The van der Waals surface area contributed by atoms with E-state index in [2.05, 4.69) is 9.97 Å². The molecule has 0 saturated heterocycles. The van der Waals surface area contributed by atoms with Crippen molar-refractivity contribution < 1.29 is 9.53 Å². The lowest BCUT2D eigenvalue weighted by Gasteiger charge is -2.13. The van der Waals surface area contributed by atoms with Crippen molar-refractivity contribution in [2.45, 2.75) is 6.42 Å². The molecular weight excluding hydrogens is 204 g/mol. The van der Waals surface area contributed by atoms with Crippen molar-refractivity contribution in [3.8, 4) is 0 Å². The highest BCUT2D eigenvalue weighted by Gasteiger charge is 2.22. The molecule has 0 unspecified atom stereocenters. The van der Waals surface area contributed by atoms with Crippen LogP contribution in [0, 0.1) is 0 Å². The molecule has 1 aliphatic carbocycles. The Hall–Kier alpha value is -1.42. The van der Waals surface area contributed by atoms with Gasteiger partial charge in [0.1, 0.15) is 11.5 Å². The molecule has 1 aliphatic rings. The monoisotopic (exact) mass is 210 g/mol. The predicted octanol–water partition coefficient (Wildman–Crippen LogP) is 1.24. The summed E-state index contributed by atoms with van der Waals surface area (Å²) in [6.07, 6.45) is 3.14. The second kappa shape index (κ2) is 3.38. The van der Waals surface area contributed by atoms with Gasteiger partial charge in [0.05, 0.1) is 12.8 Å². The molecule has 0 atom stereocenters. The van der Waals surface area contributed by atoms with Gasteiger partial charge in [0.15, 0.2) is 5.76 Å². The summed E-state index contributed by atoms with van der Waals surface area (Å²) in [6, 6.07) is 0. The van der Waals surface area contributed by atoms with Gasteiger partial charge < -0.3 is 4.74 Å². The molecule has 0 saturated carbocycles. The van der Waals surface area contributed by atoms with E-state index in [0.717, 1.165) is 0 Å². The first-order chi connectivity index (χ1) is 6.72. The fourth-order valence-corrected chi connectivity index (χ4v) is 1.52. The van der Waals surface area contributed by atoms with Gasteiger partial charge in [0.25, 0.3) is 0 Å². The van der Waals surface area contributed by atoms with Crippen molar-refractivity contribution in [3.63, 3.8) is 0 Å². The average Bonchev–Trinajstić information content (AvgIpc) is 2.19. The van der Waals surface area contributed by atoms with Gasteiger partial charge in [0, 0.05) is 18.1 Å². The molecule has 2 rings (SSSR count). The number of ketones is 1. The number of halogens is 1. The van der Waals surface area contributed by atoms with Crippen molar-refractivity contribution in [1.29, 1.82) is 0 Å². The highest BCUT2D eigenvalue weighted by atomic mass is 35.5. The highest BCUT2D eigenvalue weighted by molar-refractivity contribution is 6.30. The zero-order valence-electron chi connectivity index (χ0n) is 7.45. The van der Waals surface area contributed by atoms with E-state index in [-0.39, 0.29) is 12.2 Å². The van der Waals surface area contributed by atoms with Gasteiger partial charge in [-0.25, -0.2) is 9.97 Å². The fraction of sp³-hybridized carbons (Fsp3) is 0.222. The molecule has 1 aromatic rings. The fourth-order valence-electron chi connectivity index (χ4n) is 1.32. The van der Waals surface area contributed by atoms with Crippen molar-refractivity contribution >= 4 is 23.5 Å². The highest BCUT2D eigenvalue weighted by Crippen LogP contribution is 2.24. The first-order valence-electron chi connectivity index (χ1n) is 4.00. The van der Waals surface area contributed by atoms with E-state index < -0.39 is 0 Å². The minimum absolute atomic E-state index is 0.100. The molecule has 72 valence electrons. The second-order valence-electron chi connectivity index (χ2n) is 2.84. The first-order valence-corrected chi connectivity index (χ1v) is 4.38. The van der Waals surface area contributed by atoms with E-state index in [1.54, 1.807) is 6.08 Å².